The molecule has 2 amide bonds. The topological polar surface area (TPSA) is 69.9 Å². The largest absolute Gasteiger partial charge is 0.368 e. The van der Waals surface area contributed by atoms with Gasteiger partial charge in [0.1, 0.15) is 0 Å². The van der Waals surface area contributed by atoms with Crippen LogP contribution in [0.2, 0.25) is 0 Å². The molecule has 2 aliphatic carbocycles. The van der Waals surface area contributed by atoms with Gasteiger partial charge < -0.3 is 10.6 Å². The van der Waals surface area contributed by atoms with Crippen molar-refractivity contribution >= 4 is 11.8 Å². The molecule has 34 heavy (non-hydrogen) atoms. The number of hydrogen-bond acceptors (Lipinski definition) is 4. The van der Waals surface area contributed by atoms with E-state index in [4.69, 9.17) is 5.73 Å². The van der Waals surface area contributed by atoms with E-state index in [0.717, 1.165) is 58.2 Å². The van der Waals surface area contributed by atoms with E-state index in [0.29, 0.717) is 12.0 Å². The zero-order valence-corrected chi connectivity index (χ0v) is 21.4. The summed E-state index contributed by atoms with van der Waals surface area (Å²) in [5, 5.41) is 0. The molecule has 1 heterocycles. The summed E-state index contributed by atoms with van der Waals surface area (Å²) in [6, 6.07) is 8.88. The van der Waals surface area contributed by atoms with Gasteiger partial charge in [0.15, 0.2) is 0 Å². The van der Waals surface area contributed by atoms with Crippen LogP contribution in [-0.2, 0) is 22.4 Å². The smallest absolute Gasteiger partial charge is 0.240 e. The number of carbonyl (C=O) groups is 2. The Kier molecular flexibility index (Phi) is 8.30. The van der Waals surface area contributed by atoms with Crippen molar-refractivity contribution in [3.63, 3.8) is 0 Å². The summed E-state index contributed by atoms with van der Waals surface area (Å²) in [5.41, 5.74) is 8.62. The molecule has 2 N–H and O–H groups in total. The number of likely N-dealkylation sites (N-methyl/N-ethyl adjacent to an activating group) is 2. The average Bonchev–Trinajstić information content (AvgIpc) is 3.49. The molecular weight excluding hydrogens is 424 g/mol. The van der Waals surface area contributed by atoms with E-state index in [1.54, 1.807) is 0 Å². The van der Waals surface area contributed by atoms with Crippen molar-refractivity contribution in [2.45, 2.75) is 95.8 Å². The molecule has 1 saturated carbocycles. The van der Waals surface area contributed by atoms with E-state index in [2.05, 4.69) is 41.0 Å². The number of primary amides is 1. The Hall–Kier alpha value is -1.92. The molecule has 0 radical (unpaired) electrons. The molecule has 6 heteroatoms. The third-order valence-electron chi connectivity index (χ3n) is 8.87. The van der Waals surface area contributed by atoms with Crippen LogP contribution < -0.4 is 5.73 Å². The fourth-order valence-corrected chi connectivity index (χ4v) is 6.69. The zero-order chi connectivity index (χ0) is 24.2. The van der Waals surface area contributed by atoms with Crippen LogP contribution >= 0.6 is 0 Å². The summed E-state index contributed by atoms with van der Waals surface area (Å²) in [6.07, 6.45) is 10.0. The van der Waals surface area contributed by atoms with Gasteiger partial charge in [0.05, 0.1) is 12.1 Å². The van der Waals surface area contributed by atoms with Gasteiger partial charge in [-0.15, -0.1) is 0 Å². The lowest BCUT2D eigenvalue weighted by atomic mass is 9.82. The van der Waals surface area contributed by atoms with Crippen molar-refractivity contribution in [2.75, 3.05) is 26.7 Å². The summed E-state index contributed by atoms with van der Waals surface area (Å²) in [5.74, 6) is 0.170. The van der Waals surface area contributed by atoms with Gasteiger partial charge in [0.25, 0.3) is 0 Å². The highest BCUT2D eigenvalue weighted by Gasteiger charge is 2.42. The molecule has 188 valence electrons. The second kappa shape index (κ2) is 11.2. The third kappa shape index (κ3) is 5.33. The zero-order valence-electron chi connectivity index (χ0n) is 21.4. The lowest BCUT2D eigenvalue weighted by Crippen LogP contribution is -2.58. The number of amides is 2. The van der Waals surface area contributed by atoms with Crippen molar-refractivity contribution in [1.29, 1.82) is 0 Å². The number of carbonyl (C=O) groups excluding carboxylic acids is 2. The highest BCUT2D eigenvalue weighted by atomic mass is 16.2. The minimum absolute atomic E-state index is 0.218. The Labute approximate surface area is 205 Å². The SMILES string of the molecule is CCN(C[C@@H]1CCCN1C(=O)[C@H](C1CCCCC1)N(C)[C@@H](C)C(N)=O)C1Cc2ccccc2C1. The number of benzene rings is 1. The first-order valence-corrected chi connectivity index (χ1v) is 13.5. The van der Waals surface area contributed by atoms with E-state index >= 15 is 0 Å². The molecule has 0 bridgehead atoms. The van der Waals surface area contributed by atoms with Crippen LogP contribution in [0.4, 0.5) is 0 Å². The van der Waals surface area contributed by atoms with Gasteiger partial charge >= 0.3 is 0 Å². The van der Waals surface area contributed by atoms with Crippen molar-refractivity contribution in [3.05, 3.63) is 35.4 Å². The average molecular weight is 469 g/mol. The van der Waals surface area contributed by atoms with Gasteiger partial charge in [-0.3, -0.25) is 19.4 Å². The molecule has 3 aliphatic rings. The van der Waals surface area contributed by atoms with Gasteiger partial charge in [-0.25, -0.2) is 0 Å². The Morgan fingerprint density at radius 1 is 1.06 bits per heavy atom. The number of rotatable bonds is 9. The molecule has 0 unspecified atom stereocenters. The monoisotopic (exact) mass is 468 g/mol. The summed E-state index contributed by atoms with van der Waals surface area (Å²) in [6.45, 7) is 6.85. The summed E-state index contributed by atoms with van der Waals surface area (Å²) in [7, 11) is 1.92. The number of hydrogen-bond donors (Lipinski definition) is 1. The van der Waals surface area contributed by atoms with E-state index in [9.17, 15) is 9.59 Å². The van der Waals surface area contributed by atoms with Crippen molar-refractivity contribution in [2.24, 2.45) is 11.7 Å². The minimum Gasteiger partial charge on any atom is -0.368 e. The number of nitrogens with zero attached hydrogens (tertiary/aromatic N) is 3. The fraction of sp³-hybridized carbons (Fsp3) is 0.714. The maximum absolute atomic E-state index is 14.1. The molecule has 0 spiro atoms. The first-order chi connectivity index (χ1) is 16.4. The molecule has 6 nitrogen and oxygen atoms in total. The quantitative estimate of drug-likeness (QED) is 0.604. The fourth-order valence-electron chi connectivity index (χ4n) is 6.69. The maximum atomic E-state index is 14.1. The number of fused-ring (bicyclic) bond motifs is 1. The minimum atomic E-state index is -0.443. The molecular formula is C28H44N4O2. The Balaban J connectivity index is 1.48. The molecule has 2 fully saturated rings. The number of nitrogens with two attached hydrogens (primary N) is 1. The van der Waals surface area contributed by atoms with E-state index in [1.807, 2.05) is 18.9 Å². The van der Waals surface area contributed by atoms with E-state index in [-0.39, 0.29) is 23.9 Å². The Morgan fingerprint density at radius 2 is 1.71 bits per heavy atom. The molecule has 1 aliphatic heterocycles. The van der Waals surface area contributed by atoms with Gasteiger partial charge in [0.2, 0.25) is 11.8 Å². The van der Waals surface area contributed by atoms with Gasteiger partial charge in [0, 0.05) is 25.2 Å². The summed E-state index contributed by atoms with van der Waals surface area (Å²) < 4.78 is 0. The van der Waals surface area contributed by atoms with Crippen LogP contribution in [0.5, 0.6) is 0 Å². The summed E-state index contributed by atoms with van der Waals surface area (Å²) >= 11 is 0. The van der Waals surface area contributed by atoms with Gasteiger partial charge in [-0.05, 0) is 76.1 Å². The first-order valence-electron chi connectivity index (χ1n) is 13.5. The van der Waals surface area contributed by atoms with Crippen molar-refractivity contribution in [3.8, 4) is 0 Å². The predicted molar refractivity (Wildman–Crippen MR) is 136 cm³/mol. The second-order valence-electron chi connectivity index (χ2n) is 10.8. The molecule has 3 atom stereocenters. The standard InChI is InChI=1S/C28H44N4O2/c1-4-31(25-17-22-13-8-9-14-23(22)18-25)19-24-15-10-16-32(24)28(34)26(21-11-6-5-7-12-21)30(3)20(2)27(29)33/h8-9,13-14,20-21,24-26H,4-7,10-12,15-19H2,1-3H3,(H2,29,33)/t20-,24-,26-/m0/s1. The van der Waals surface area contributed by atoms with E-state index in [1.165, 1.54) is 30.4 Å². The van der Waals surface area contributed by atoms with Crippen LogP contribution in [0.1, 0.15) is 69.9 Å². The molecule has 1 aromatic rings. The first kappa shape index (κ1) is 25.2. The van der Waals surface area contributed by atoms with Gasteiger partial charge in [-0.2, -0.15) is 0 Å². The predicted octanol–water partition coefficient (Wildman–Crippen LogP) is 3.22. The molecule has 1 saturated heterocycles. The summed E-state index contributed by atoms with van der Waals surface area (Å²) in [4.78, 5) is 32.9. The van der Waals surface area contributed by atoms with Crippen LogP contribution in [-0.4, -0.2) is 77.4 Å². The molecule has 1 aromatic carbocycles. The van der Waals surface area contributed by atoms with Crippen LogP contribution in [0.3, 0.4) is 0 Å². The number of likely N-dealkylation sites (tertiary alicyclic amines) is 1. The van der Waals surface area contributed by atoms with Crippen molar-refractivity contribution < 1.29 is 9.59 Å². The highest BCUT2D eigenvalue weighted by Crippen LogP contribution is 2.33. The Morgan fingerprint density at radius 3 is 2.29 bits per heavy atom. The third-order valence-corrected chi connectivity index (χ3v) is 8.87. The Bertz CT molecular complexity index is 828. The van der Waals surface area contributed by atoms with Gasteiger partial charge in [-0.1, -0.05) is 50.5 Å². The second-order valence-corrected chi connectivity index (χ2v) is 10.8. The van der Waals surface area contributed by atoms with Crippen LogP contribution in [0, 0.1) is 5.92 Å². The lowest BCUT2D eigenvalue weighted by molar-refractivity contribution is -0.142. The van der Waals surface area contributed by atoms with E-state index < -0.39 is 6.04 Å². The van der Waals surface area contributed by atoms with Crippen LogP contribution in [0.25, 0.3) is 0 Å². The van der Waals surface area contributed by atoms with Crippen LogP contribution in [0.15, 0.2) is 24.3 Å². The molecule has 0 aromatic heterocycles. The maximum Gasteiger partial charge on any atom is 0.240 e. The lowest BCUT2D eigenvalue weighted by Gasteiger charge is -2.41. The molecule has 4 rings (SSSR count). The normalized spacial score (nSPS) is 23.4. The highest BCUT2D eigenvalue weighted by molar-refractivity contribution is 5.85. The van der Waals surface area contributed by atoms with Crippen molar-refractivity contribution in [1.82, 2.24) is 14.7 Å².